The van der Waals surface area contributed by atoms with Gasteiger partial charge in [0.2, 0.25) is 0 Å². The molecule has 1 aliphatic rings. The third-order valence-corrected chi connectivity index (χ3v) is 3.97. The first-order valence-corrected chi connectivity index (χ1v) is 7.18. The van der Waals surface area contributed by atoms with Gasteiger partial charge in [0.1, 0.15) is 11.3 Å². The molecule has 0 radical (unpaired) electrons. The van der Waals surface area contributed by atoms with E-state index >= 15 is 0 Å². The molecule has 0 atom stereocenters. The molecule has 0 bridgehead atoms. The Morgan fingerprint density at radius 3 is 2.65 bits per heavy atom. The third-order valence-electron chi connectivity index (χ3n) is 3.97. The van der Waals surface area contributed by atoms with Gasteiger partial charge in [0.15, 0.2) is 0 Å². The van der Waals surface area contributed by atoms with Crippen molar-refractivity contribution in [3.8, 4) is 0 Å². The number of carboxylic acids is 1. The summed E-state index contributed by atoms with van der Waals surface area (Å²) in [5, 5.41) is 10.4. The fraction of sp³-hybridized carbons (Fsp3) is 0.353. The Morgan fingerprint density at radius 1 is 1.20 bits per heavy atom. The number of para-hydroxylation sites is 1. The van der Waals surface area contributed by atoms with E-state index in [0.717, 1.165) is 23.8 Å². The van der Waals surface area contributed by atoms with Crippen LogP contribution in [0.4, 0.5) is 0 Å². The summed E-state index contributed by atoms with van der Waals surface area (Å²) in [6.45, 7) is 0. The smallest absolute Gasteiger partial charge is 0.339 e. The van der Waals surface area contributed by atoms with Crippen molar-refractivity contribution in [1.82, 2.24) is 0 Å². The highest BCUT2D eigenvalue weighted by molar-refractivity contribution is 6.15. The number of carboxylic acid groups (broad SMARTS) is 1. The first kappa shape index (κ1) is 13.0. The number of furan rings is 1. The van der Waals surface area contributed by atoms with Crippen LogP contribution in [0.25, 0.3) is 16.5 Å². The molecule has 0 amide bonds. The molecule has 1 aliphatic carbocycles. The average Bonchev–Trinajstić information content (AvgIpc) is 2.89. The molecule has 1 fully saturated rings. The van der Waals surface area contributed by atoms with Crippen LogP contribution in [0.5, 0.6) is 0 Å². The molecular weight excluding hydrogens is 252 g/mol. The Hall–Kier alpha value is -2.03. The standard InChI is InChI=1S/C17H18O3/c18-17(19)14(10-12-6-2-1-3-7-12)16-11-13-8-4-5-9-15(13)20-16/h4-5,8-12H,1-3,6-7H2,(H,18,19)/b14-10+. The summed E-state index contributed by atoms with van der Waals surface area (Å²) >= 11 is 0. The first-order chi connectivity index (χ1) is 9.74. The Labute approximate surface area is 117 Å². The lowest BCUT2D eigenvalue weighted by Crippen LogP contribution is -2.07. The van der Waals surface area contributed by atoms with Crippen molar-refractivity contribution in [3.63, 3.8) is 0 Å². The number of fused-ring (bicyclic) bond motifs is 1. The largest absolute Gasteiger partial charge is 0.478 e. The minimum absolute atomic E-state index is 0.299. The lowest BCUT2D eigenvalue weighted by molar-refractivity contribution is -0.130. The first-order valence-electron chi connectivity index (χ1n) is 7.18. The molecular formula is C17H18O3. The number of aliphatic carboxylic acids is 1. The molecule has 1 aromatic carbocycles. The van der Waals surface area contributed by atoms with Crippen LogP contribution in [0.2, 0.25) is 0 Å². The summed E-state index contributed by atoms with van der Waals surface area (Å²) in [5.41, 5.74) is 1.03. The molecule has 0 aliphatic heterocycles. The topological polar surface area (TPSA) is 50.4 Å². The summed E-state index contributed by atoms with van der Waals surface area (Å²) in [5.74, 6) is -0.0815. The predicted molar refractivity (Wildman–Crippen MR) is 78.4 cm³/mol. The SMILES string of the molecule is O=C(O)/C(=C/C1CCCCC1)c1cc2ccccc2o1. The van der Waals surface area contributed by atoms with Crippen molar-refractivity contribution >= 4 is 22.5 Å². The van der Waals surface area contributed by atoms with E-state index in [4.69, 9.17) is 4.42 Å². The van der Waals surface area contributed by atoms with Crippen molar-refractivity contribution in [2.75, 3.05) is 0 Å². The number of rotatable bonds is 3. The number of hydrogen-bond donors (Lipinski definition) is 1. The zero-order valence-corrected chi connectivity index (χ0v) is 11.3. The maximum Gasteiger partial charge on any atom is 0.339 e. The van der Waals surface area contributed by atoms with E-state index in [-0.39, 0.29) is 0 Å². The van der Waals surface area contributed by atoms with Crippen LogP contribution in [-0.4, -0.2) is 11.1 Å². The van der Waals surface area contributed by atoms with Crippen LogP contribution in [0.3, 0.4) is 0 Å². The van der Waals surface area contributed by atoms with Crippen LogP contribution < -0.4 is 0 Å². The molecule has 104 valence electrons. The van der Waals surface area contributed by atoms with Gasteiger partial charge in [-0.2, -0.15) is 0 Å². The van der Waals surface area contributed by atoms with E-state index in [9.17, 15) is 9.90 Å². The molecule has 3 nitrogen and oxygen atoms in total. The highest BCUT2D eigenvalue weighted by Gasteiger charge is 2.19. The zero-order chi connectivity index (χ0) is 13.9. The van der Waals surface area contributed by atoms with Crippen LogP contribution >= 0.6 is 0 Å². The van der Waals surface area contributed by atoms with E-state index in [2.05, 4.69) is 0 Å². The molecule has 1 N–H and O–H groups in total. The average molecular weight is 270 g/mol. The van der Waals surface area contributed by atoms with Crippen LogP contribution in [0.15, 0.2) is 40.8 Å². The van der Waals surface area contributed by atoms with Crippen molar-refractivity contribution < 1.29 is 14.3 Å². The third kappa shape index (κ3) is 2.62. The summed E-state index contributed by atoms with van der Waals surface area (Å²) < 4.78 is 5.68. The lowest BCUT2D eigenvalue weighted by Gasteiger charge is -2.18. The highest BCUT2D eigenvalue weighted by atomic mass is 16.4. The summed E-state index contributed by atoms with van der Waals surface area (Å²) in [6, 6.07) is 9.42. The predicted octanol–water partition coefficient (Wildman–Crippen LogP) is 4.48. The zero-order valence-electron chi connectivity index (χ0n) is 11.3. The molecule has 3 heteroatoms. The van der Waals surface area contributed by atoms with Gasteiger partial charge >= 0.3 is 5.97 Å². The Kier molecular flexibility index (Phi) is 3.59. The molecule has 20 heavy (non-hydrogen) atoms. The summed E-state index contributed by atoms with van der Waals surface area (Å²) in [7, 11) is 0. The maximum atomic E-state index is 11.5. The van der Waals surface area contributed by atoms with E-state index < -0.39 is 5.97 Å². The normalized spacial score (nSPS) is 17.5. The number of allylic oxidation sites excluding steroid dienone is 1. The monoisotopic (exact) mass is 270 g/mol. The molecule has 2 aromatic rings. The quantitative estimate of drug-likeness (QED) is 0.836. The van der Waals surface area contributed by atoms with Gasteiger partial charge in [-0.05, 0) is 30.9 Å². The molecule has 3 rings (SSSR count). The lowest BCUT2D eigenvalue weighted by atomic mass is 9.87. The minimum Gasteiger partial charge on any atom is -0.478 e. The number of benzene rings is 1. The van der Waals surface area contributed by atoms with E-state index in [0.29, 0.717) is 17.3 Å². The Morgan fingerprint density at radius 2 is 1.95 bits per heavy atom. The number of hydrogen-bond acceptors (Lipinski definition) is 2. The van der Waals surface area contributed by atoms with Crippen molar-refractivity contribution in [3.05, 3.63) is 42.2 Å². The van der Waals surface area contributed by atoms with E-state index in [1.165, 1.54) is 19.3 Å². The van der Waals surface area contributed by atoms with Crippen molar-refractivity contribution in [2.45, 2.75) is 32.1 Å². The second kappa shape index (κ2) is 5.53. The second-order valence-electron chi connectivity index (χ2n) is 5.43. The molecule has 1 aromatic heterocycles. The van der Waals surface area contributed by atoms with Crippen molar-refractivity contribution in [1.29, 1.82) is 0 Å². The summed E-state index contributed by atoms with van der Waals surface area (Å²) in [4.78, 5) is 11.5. The van der Waals surface area contributed by atoms with Gasteiger partial charge in [-0.25, -0.2) is 4.79 Å². The Bertz CT molecular complexity index is 612. The molecule has 0 unspecified atom stereocenters. The van der Waals surface area contributed by atoms with Gasteiger partial charge in [0.05, 0.1) is 5.57 Å². The second-order valence-corrected chi connectivity index (χ2v) is 5.43. The van der Waals surface area contributed by atoms with Crippen LogP contribution in [-0.2, 0) is 4.79 Å². The number of carbonyl (C=O) groups is 1. The van der Waals surface area contributed by atoms with Gasteiger partial charge in [0, 0.05) is 5.39 Å². The Balaban J connectivity index is 1.97. The highest BCUT2D eigenvalue weighted by Crippen LogP contribution is 2.30. The molecule has 0 saturated heterocycles. The van der Waals surface area contributed by atoms with Gasteiger partial charge < -0.3 is 9.52 Å². The van der Waals surface area contributed by atoms with Gasteiger partial charge in [-0.1, -0.05) is 43.5 Å². The van der Waals surface area contributed by atoms with Gasteiger partial charge in [-0.3, -0.25) is 0 Å². The minimum atomic E-state index is -0.908. The van der Waals surface area contributed by atoms with Gasteiger partial charge in [-0.15, -0.1) is 0 Å². The van der Waals surface area contributed by atoms with E-state index in [1.54, 1.807) is 0 Å². The van der Waals surface area contributed by atoms with Crippen LogP contribution in [0.1, 0.15) is 37.9 Å². The van der Waals surface area contributed by atoms with Crippen LogP contribution in [0, 0.1) is 5.92 Å². The molecule has 0 spiro atoms. The maximum absolute atomic E-state index is 11.5. The fourth-order valence-corrected chi connectivity index (χ4v) is 2.91. The summed E-state index contributed by atoms with van der Waals surface area (Å²) in [6.07, 6.45) is 7.69. The van der Waals surface area contributed by atoms with Crippen molar-refractivity contribution in [2.24, 2.45) is 5.92 Å². The van der Waals surface area contributed by atoms with Gasteiger partial charge in [0.25, 0.3) is 0 Å². The molecule has 1 saturated carbocycles. The van der Waals surface area contributed by atoms with E-state index in [1.807, 2.05) is 36.4 Å². The molecule has 1 heterocycles. The fourth-order valence-electron chi connectivity index (χ4n) is 2.91.